The van der Waals surface area contributed by atoms with Crippen LogP contribution in [0, 0.1) is 0 Å². The van der Waals surface area contributed by atoms with Crippen molar-refractivity contribution in [2.75, 3.05) is 19.5 Å². The molecule has 0 radical (unpaired) electrons. The van der Waals surface area contributed by atoms with Crippen molar-refractivity contribution in [3.05, 3.63) is 6.33 Å². The number of nitrogens with two attached hydrogens (primary N) is 1. The molecule has 1 fully saturated rings. The Morgan fingerprint density at radius 2 is 2.25 bits per heavy atom. The predicted octanol–water partition coefficient (Wildman–Crippen LogP) is -1.40. The normalized spacial score (nSPS) is 26.7. The van der Waals surface area contributed by atoms with Crippen molar-refractivity contribution < 1.29 is 29.2 Å². The van der Waals surface area contributed by atoms with Crippen LogP contribution >= 0.6 is 0 Å². The number of hydrogen-bond acceptors (Lipinski definition) is 10. The van der Waals surface area contributed by atoms with Crippen molar-refractivity contribution in [2.45, 2.75) is 31.5 Å². The summed E-state index contributed by atoms with van der Waals surface area (Å²) in [4.78, 5) is 23.5. The molecule has 0 amide bonds. The Labute approximate surface area is 136 Å². The average Bonchev–Trinajstić information content (AvgIpc) is 3.08. The highest BCUT2D eigenvalue weighted by Gasteiger charge is 2.47. The van der Waals surface area contributed by atoms with E-state index in [1.807, 2.05) is 0 Å². The standard InChI is InChI=1S/C13H17N5O6/c1-5(20)23-9-8(21)6(3-19)24-12(9)18-4-15-7-10(18)16-13(14)17-11(7)22-2/h4,6,8-9,12,19,21H,3H2,1-2H3,(H2,14,16,17)/t6-,8-,9+,12-/m1/s1. The van der Waals surface area contributed by atoms with E-state index in [0.29, 0.717) is 5.52 Å². The summed E-state index contributed by atoms with van der Waals surface area (Å²) in [5.41, 5.74) is 6.28. The Morgan fingerprint density at radius 1 is 1.50 bits per heavy atom. The van der Waals surface area contributed by atoms with Gasteiger partial charge in [-0.05, 0) is 0 Å². The van der Waals surface area contributed by atoms with Gasteiger partial charge in [-0.1, -0.05) is 0 Å². The zero-order valence-electron chi connectivity index (χ0n) is 13.0. The molecule has 0 spiro atoms. The van der Waals surface area contributed by atoms with Crippen molar-refractivity contribution in [3.8, 4) is 5.88 Å². The molecule has 4 N–H and O–H groups in total. The van der Waals surface area contributed by atoms with Gasteiger partial charge in [-0.2, -0.15) is 9.97 Å². The molecule has 0 aromatic carbocycles. The molecular weight excluding hydrogens is 322 g/mol. The first-order valence-corrected chi connectivity index (χ1v) is 7.12. The maximum Gasteiger partial charge on any atom is 0.303 e. The molecule has 4 atom stereocenters. The van der Waals surface area contributed by atoms with Crippen molar-refractivity contribution in [2.24, 2.45) is 0 Å². The number of carbonyl (C=O) groups excluding carboxylic acids is 1. The summed E-state index contributed by atoms with van der Waals surface area (Å²) in [5.74, 6) is -0.456. The van der Waals surface area contributed by atoms with E-state index in [1.165, 1.54) is 24.9 Å². The van der Waals surface area contributed by atoms with Crippen LogP contribution in [0.15, 0.2) is 6.33 Å². The molecule has 11 heteroatoms. The summed E-state index contributed by atoms with van der Waals surface area (Å²) in [5, 5.41) is 19.5. The van der Waals surface area contributed by atoms with Crippen LogP contribution in [-0.4, -0.2) is 67.7 Å². The van der Waals surface area contributed by atoms with Gasteiger partial charge in [-0.15, -0.1) is 0 Å². The van der Waals surface area contributed by atoms with Crippen LogP contribution in [0.1, 0.15) is 13.2 Å². The van der Waals surface area contributed by atoms with Gasteiger partial charge in [-0.3, -0.25) is 9.36 Å². The molecule has 1 aliphatic heterocycles. The van der Waals surface area contributed by atoms with E-state index >= 15 is 0 Å². The zero-order valence-corrected chi connectivity index (χ0v) is 13.0. The minimum absolute atomic E-state index is 0.0395. The lowest BCUT2D eigenvalue weighted by molar-refractivity contribution is -0.155. The lowest BCUT2D eigenvalue weighted by atomic mass is 10.1. The molecule has 11 nitrogen and oxygen atoms in total. The molecule has 3 rings (SSSR count). The Bertz CT molecular complexity index is 765. The van der Waals surface area contributed by atoms with E-state index in [9.17, 15) is 15.0 Å². The molecule has 0 saturated carbocycles. The summed E-state index contributed by atoms with van der Waals surface area (Å²) in [6, 6.07) is 0. The highest BCUT2D eigenvalue weighted by molar-refractivity contribution is 5.77. The molecule has 1 aliphatic rings. The van der Waals surface area contributed by atoms with Crippen LogP contribution < -0.4 is 10.5 Å². The maximum atomic E-state index is 11.3. The number of carbonyl (C=O) groups is 1. The maximum absolute atomic E-state index is 11.3. The number of nitrogens with zero attached hydrogens (tertiary/aromatic N) is 4. The summed E-state index contributed by atoms with van der Waals surface area (Å²) in [6.07, 6.45) is -2.72. The van der Waals surface area contributed by atoms with Crippen molar-refractivity contribution in [1.29, 1.82) is 0 Å². The number of nitrogen functional groups attached to an aromatic ring is 1. The van der Waals surface area contributed by atoms with Gasteiger partial charge in [0.05, 0.1) is 20.0 Å². The average molecular weight is 339 g/mol. The number of methoxy groups -OCH3 is 1. The topological polar surface area (TPSA) is 155 Å². The third-order valence-corrected chi connectivity index (χ3v) is 3.67. The molecule has 1 saturated heterocycles. The first-order chi connectivity index (χ1) is 11.5. The molecule has 130 valence electrons. The van der Waals surface area contributed by atoms with Gasteiger partial charge in [-0.25, -0.2) is 4.98 Å². The fraction of sp³-hybridized carbons (Fsp3) is 0.538. The van der Waals surface area contributed by atoms with E-state index in [0.717, 1.165) is 0 Å². The van der Waals surface area contributed by atoms with Gasteiger partial charge in [0.2, 0.25) is 11.8 Å². The van der Waals surface area contributed by atoms with E-state index in [4.69, 9.17) is 19.9 Å². The first-order valence-electron chi connectivity index (χ1n) is 7.12. The van der Waals surface area contributed by atoms with E-state index < -0.39 is 37.1 Å². The quantitative estimate of drug-likeness (QED) is 0.566. The van der Waals surface area contributed by atoms with Crippen LogP contribution in [0.2, 0.25) is 0 Å². The van der Waals surface area contributed by atoms with Gasteiger partial charge in [0.25, 0.3) is 0 Å². The number of aliphatic hydroxyl groups is 2. The number of imidazole rings is 1. The minimum Gasteiger partial charge on any atom is -0.479 e. The SMILES string of the molecule is COc1nc(N)nc2c1ncn2[C@@H]1O[C@H](CO)[C@@H](O)[C@@H]1OC(C)=O. The number of rotatable bonds is 4. The second-order valence-corrected chi connectivity index (χ2v) is 5.23. The smallest absolute Gasteiger partial charge is 0.303 e. The second-order valence-electron chi connectivity index (χ2n) is 5.23. The second kappa shape index (κ2) is 6.19. The number of fused-ring (bicyclic) bond motifs is 1. The molecule has 3 heterocycles. The molecule has 0 unspecified atom stereocenters. The lowest BCUT2D eigenvalue weighted by Gasteiger charge is -2.21. The first kappa shape index (κ1) is 16.4. The molecule has 24 heavy (non-hydrogen) atoms. The van der Waals surface area contributed by atoms with E-state index in [1.54, 1.807) is 0 Å². The fourth-order valence-electron chi connectivity index (χ4n) is 2.65. The van der Waals surface area contributed by atoms with E-state index in [-0.39, 0.29) is 17.5 Å². The Balaban J connectivity index is 2.07. The van der Waals surface area contributed by atoms with Gasteiger partial charge in [0.1, 0.15) is 12.2 Å². The Hall–Kier alpha value is -2.50. The molecule has 0 aliphatic carbocycles. The van der Waals surface area contributed by atoms with Crippen molar-refractivity contribution in [3.63, 3.8) is 0 Å². The highest BCUT2D eigenvalue weighted by atomic mass is 16.6. The van der Waals surface area contributed by atoms with Gasteiger partial charge in [0.15, 0.2) is 23.5 Å². The largest absolute Gasteiger partial charge is 0.479 e. The van der Waals surface area contributed by atoms with Gasteiger partial charge < -0.3 is 30.2 Å². The monoisotopic (exact) mass is 339 g/mol. The third-order valence-electron chi connectivity index (χ3n) is 3.67. The lowest BCUT2D eigenvalue weighted by Crippen LogP contribution is -2.36. The van der Waals surface area contributed by atoms with Crippen molar-refractivity contribution in [1.82, 2.24) is 19.5 Å². The number of ether oxygens (including phenoxy) is 3. The minimum atomic E-state index is -1.21. The summed E-state index contributed by atoms with van der Waals surface area (Å²) in [6.45, 7) is 0.772. The van der Waals surface area contributed by atoms with Crippen LogP contribution in [0.5, 0.6) is 5.88 Å². The molecule has 2 aromatic heterocycles. The Morgan fingerprint density at radius 3 is 2.88 bits per heavy atom. The fourth-order valence-corrected chi connectivity index (χ4v) is 2.65. The predicted molar refractivity (Wildman–Crippen MR) is 78.8 cm³/mol. The number of esters is 1. The zero-order chi connectivity index (χ0) is 17.4. The Kier molecular flexibility index (Phi) is 4.22. The number of hydrogen-bond donors (Lipinski definition) is 3. The van der Waals surface area contributed by atoms with Crippen LogP contribution in [-0.2, 0) is 14.3 Å². The molecule has 0 bridgehead atoms. The van der Waals surface area contributed by atoms with Crippen molar-refractivity contribution >= 4 is 23.1 Å². The summed E-state index contributed by atoms with van der Waals surface area (Å²) in [7, 11) is 1.42. The number of anilines is 1. The van der Waals surface area contributed by atoms with Gasteiger partial charge in [0, 0.05) is 6.92 Å². The summed E-state index contributed by atoms with van der Waals surface area (Å²) < 4.78 is 17.3. The summed E-state index contributed by atoms with van der Waals surface area (Å²) >= 11 is 0. The molecule has 2 aromatic rings. The van der Waals surface area contributed by atoms with E-state index in [2.05, 4.69) is 15.0 Å². The molecular formula is C13H17N5O6. The van der Waals surface area contributed by atoms with Crippen LogP contribution in [0.25, 0.3) is 11.2 Å². The number of aromatic nitrogens is 4. The van der Waals surface area contributed by atoms with Gasteiger partial charge >= 0.3 is 5.97 Å². The third kappa shape index (κ3) is 2.62. The van der Waals surface area contributed by atoms with Crippen LogP contribution in [0.4, 0.5) is 5.95 Å². The number of aliphatic hydroxyl groups excluding tert-OH is 2. The highest BCUT2D eigenvalue weighted by Crippen LogP contribution is 2.34. The van der Waals surface area contributed by atoms with Crippen LogP contribution in [0.3, 0.4) is 0 Å².